The molecule has 0 heterocycles. The van der Waals surface area contributed by atoms with Gasteiger partial charge in [0.05, 0.1) is 11.5 Å². The van der Waals surface area contributed by atoms with Gasteiger partial charge in [-0.25, -0.2) is 0 Å². The fraction of sp³-hybridized carbons (Fsp3) is 0.125. The molecule has 24 heavy (non-hydrogen) atoms. The lowest BCUT2D eigenvalue weighted by Crippen LogP contribution is -2.26. The lowest BCUT2D eigenvalue weighted by Gasteiger charge is -2.09. The minimum atomic E-state index is -0.600. The van der Waals surface area contributed by atoms with Crippen molar-refractivity contribution in [3.63, 3.8) is 0 Å². The van der Waals surface area contributed by atoms with Crippen molar-refractivity contribution in [3.8, 4) is 17.6 Å². The van der Waals surface area contributed by atoms with E-state index in [1.165, 1.54) is 18.2 Å². The van der Waals surface area contributed by atoms with Gasteiger partial charge >= 0.3 is 0 Å². The number of nitro groups is 1. The zero-order valence-electron chi connectivity index (χ0n) is 12.4. The van der Waals surface area contributed by atoms with Crippen molar-refractivity contribution in [2.24, 2.45) is 0 Å². The Morgan fingerprint density at radius 1 is 1.33 bits per heavy atom. The molecule has 0 radical (unpaired) electrons. The number of aliphatic hydroxyl groups is 1. The molecule has 2 rings (SSSR count). The van der Waals surface area contributed by atoms with Gasteiger partial charge in [-0.15, -0.1) is 0 Å². The van der Waals surface area contributed by atoms with Crippen molar-refractivity contribution in [1.29, 1.82) is 5.26 Å². The van der Waals surface area contributed by atoms with Crippen LogP contribution in [0.5, 0.6) is 11.5 Å². The van der Waals surface area contributed by atoms with Crippen LogP contribution >= 0.6 is 0 Å². The average Bonchev–Trinajstić information content (AvgIpc) is 2.60. The van der Waals surface area contributed by atoms with Gasteiger partial charge in [0.25, 0.3) is 11.6 Å². The molecule has 0 saturated carbocycles. The molecule has 0 fully saturated rings. The monoisotopic (exact) mass is 327 g/mol. The van der Waals surface area contributed by atoms with Gasteiger partial charge in [-0.3, -0.25) is 14.9 Å². The molecule has 0 aliphatic rings. The first kappa shape index (κ1) is 16.9. The van der Waals surface area contributed by atoms with Gasteiger partial charge in [0.15, 0.2) is 0 Å². The van der Waals surface area contributed by atoms with Crippen LogP contribution in [0.1, 0.15) is 15.9 Å². The number of hydrogen-bond acceptors (Lipinski definition) is 6. The highest BCUT2D eigenvalue weighted by molar-refractivity contribution is 5.94. The summed E-state index contributed by atoms with van der Waals surface area (Å²) in [5.41, 5.74) is 0.122. The van der Waals surface area contributed by atoms with Gasteiger partial charge < -0.3 is 15.2 Å². The summed E-state index contributed by atoms with van der Waals surface area (Å²) in [6.45, 7) is -0.0406. The molecular formula is C16H13N3O5. The summed E-state index contributed by atoms with van der Waals surface area (Å²) < 4.78 is 5.56. The van der Waals surface area contributed by atoms with Gasteiger partial charge in [-0.1, -0.05) is 6.07 Å². The van der Waals surface area contributed by atoms with Crippen LogP contribution in [-0.4, -0.2) is 29.1 Å². The molecule has 1 amide bonds. The predicted molar refractivity (Wildman–Crippen MR) is 83.7 cm³/mol. The second kappa shape index (κ2) is 7.71. The Morgan fingerprint density at radius 3 is 2.79 bits per heavy atom. The van der Waals surface area contributed by atoms with Crippen molar-refractivity contribution in [3.05, 3.63) is 63.7 Å². The molecule has 0 aromatic heterocycles. The first-order chi connectivity index (χ1) is 11.5. The number of ether oxygens (including phenoxy) is 1. The molecule has 8 heteroatoms. The molecule has 2 aromatic rings. The third-order valence-corrected chi connectivity index (χ3v) is 3.02. The van der Waals surface area contributed by atoms with E-state index in [9.17, 15) is 14.9 Å². The van der Waals surface area contributed by atoms with E-state index in [1.807, 2.05) is 6.07 Å². The SMILES string of the molecule is N#Cc1cc([N+](=O)[O-])ccc1Oc1cccc(C(=O)NCCO)c1. The summed E-state index contributed by atoms with van der Waals surface area (Å²) in [4.78, 5) is 22.0. The number of benzene rings is 2. The average molecular weight is 327 g/mol. The Labute approximate surface area is 137 Å². The van der Waals surface area contributed by atoms with E-state index >= 15 is 0 Å². The van der Waals surface area contributed by atoms with Crippen molar-refractivity contribution in [2.45, 2.75) is 0 Å². The van der Waals surface area contributed by atoms with E-state index in [4.69, 9.17) is 15.1 Å². The number of hydrogen-bond donors (Lipinski definition) is 2. The molecular weight excluding hydrogens is 314 g/mol. The van der Waals surface area contributed by atoms with Crippen LogP contribution in [0.4, 0.5) is 5.69 Å². The highest BCUT2D eigenvalue weighted by Crippen LogP contribution is 2.28. The van der Waals surface area contributed by atoms with Crippen LogP contribution in [0, 0.1) is 21.4 Å². The number of carbonyl (C=O) groups is 1. The normalized spacial score (nSPS) is 9.83. The molecule has 122 valence electrons. The van der Waals surface area contributed by atoms with E-state index < -0.39 is 4.92 Å². The third-order valence-electron chi connectivity index (χ3n) is 3.02. The summed E-state index contributed by atoms with van der Waals surface area (Å²) in [7, 11) is 0. The lowest BCUT2D eigenvalue weighted by atomic mass is 10.2. The third kappa shape index (κ3) is 4.06. The van der Waals surface area contributed by atoms with Gasteiger partial charge in [-0.2, -0.15) is 5.26 Å². The topological polar surface area (TPSA) is 125 Å². The minimum absolute atomic E-state index is 0.0133. The van der Waals surface area contributed by atoms with Crippen LogP contribution in [0.15, 0.2) is 42.5 Å². The lowest BCUT2D eigenvalue weighted by molar-refractivity contribution is -0.384. The van der Waals surface area contributed by atoms with Crippen molar-refractivity contribution < 1.29 is 19.6 Å². The molecule has 0 spiro atoms. The Morgan fingerprint density at radius 2 is 2.12 bits per heavy atom. The van der Waals surface area contributed by atoms with Crippen LogP contribution in [0.2, 0.25) is 0 Å². The zero-order chi connectivity index (χ0) is 17.5. The summed E-state index contributed by atoms with van der Waals surface area (Å²) in [6.07, 6.45) is 0. The first-order valence-electron chi connectivity index (χ1n) is 6.90. The van der Waals surface area contributed by atoms with E-state index in [0.29, 0.717) is 11.3 Å². The van der Waals surface area contributed by atoms with E-state index in [1.54, 1.807) is 18.2 Å². The number of carbonyl (C=O) groups excluding carboxylic acids is 1. The second-order valence-corrected chi connectivity index (χ2v) is 4.66. The van der Waals surface area contributed by atoms with Crippen molar-refractivity contribution in [2.75, 3.05) is 13.2 Å². The van der Waals surface area contributed by atoms with E-state index in [-0.39, 0.29) is 36.1 Å². The number of non-ortho nitro benzene ring substituents is 1. The van der Waals surface area contributed by atoms with Gasteiger partial charge in [0.1, 0.15) is 23.1 Å². The standard InChI is InChI=1S/C16H13N3O5/c17-10-12-8-13(19(22)23)4-5-15(12)24-14-3-1-2-11(9-14)16(21)18-6-7-20/h1-5,8-9,20H,6-7H2,(H,18,21). The maximum absolute atomic E-state index is 11.8. The minimum Gasteiger partial charge on any atom is -0.456 e. The molecule has 0 atom stereocenters. The van der Waals surface area contributed by atoms with Crippen LogP contribution in [0.3, 0.4) is 0 Å². The Hall–Kier alpha value is -3.44. The number of nitrogens with zero attached hydrogens (tertiary/aromatic N) is 2. The number of nitrogens with one attached hydrogen (secondary N) is 1. The summed E-state index contributed by atoms with van der Waals surface area (Å²) in [5.74, 6) is 0.0757. The van der Waals surface area contributed by atoms with Gasteiger partial charge in [-0.05, 0) is 24.3 Å². The number of amides is 1. The smallest absolute Gasteiger partial charge is 0.271 e. The highest BCUT2D eigenvalue weighted by atomic mass is 16.6. The highest BCUT2D eigenvalue weighted by Gasteiger charge is 2.13. The number of rotatable bonds is 6. The molecule has 0 bridgehead atoms. The molecule has 8 nitrogen and oxygen atoms in total. The summed E-state index contributed by atoms with van der Waals surface area (Å²) >= 11 is 0. The van der Waals surface area contributed by atoms with Crippen molar-refractivity contribution >= 4 is 11.6 Å². The number of aliphatic hydroxyl groups excluding tert-OH is 1. The maximum Gasteiger partial charge on any atom is 0.271 e. The molecule has 0 saturated heterocycles. The number of nitro benzene ring substituents is 1. The summed E-state index contributed by atoms with van der Waals surface area (Å²) in [6, 6.07) is 11.7. The molecule has 2 N–H and O–H groups in total. The first-order valence-corrected chi connectivity index (χ1v) is 6.90. The van der Waals surface area contributed by atoms with Crippen LogP contribution in [-0.2, 0) is 0 Å². The van der Waals surface area contributed by atoms with E-state index in [2.05, 4.69) is 5.32 Å². The molecule has 0 unspecified atom stereocenters. The van der Waals surface area contributed by atoms with E-state index in [0.717, 1.165) is 6.07 Å². The number of nitriles is 1. The Balaban J connectivity index is 2.24. The molecule has 0 aliphatic carbocycles. The maximum atomic E-state index is 11.8. The fourth-order valence-electron chi connectivity index (χ4n) is 1.91. The summed E-state index contributed by atoms with van der Waals surface area (Å²) in [5, 5.41) is 31.1. The molecule has 0 aliphatic heterocycles. The Kier molecular flexibility index (Phi) is 5.44. The van der Waals surface area contributed by atoms with Crippen molar-refractivity contribution in [1.82, 2.24) is 5.32 Å². The predicted octanol–water partition coefficient (Wildman–Crippen LogP) is 1.98. The fourth-order valence-corrected chi connectivity index (χ4v) is 1.91. The molecule has 2 aromatic carbocycles. The zero-order valence-corrected chi connectivity index (χ0v) is 12.4. The van der Waals surface area contributed by atoms with Gasteiger partial charge in [0, 0.05) is 24.2 Å². The largest absolute Gasteiger partial charge is 0.456 e. The Bertz CT molecular complexity index is 814. The van der Waals surface area contributed by atoms with Crippen LogP contribution in [0.25, 0.3) is 0 Å². The van der Waals surface area contributed by atoms with Crippen LogP contribution < -0.4 is 10.1 Å². The van der Waals surface area contributed by atoms with Gasteiger partial charge in [0.2, 0.25) is 0 Å². The quantitative estimate of drug-likeness (QED) is 0.617. The second-order valence-electron chi connectivity index (χ2n) is 4.66.